The van der Waals surface area contributed by atoms with E-state index in [2.05, 4.69) is 4.98 Å². The van der Waals surface area contributed by atoms with Crippen LogP contribution in [0.3, 0.4) is 0 Å². The fourth-order valence-electron chi connectivity index (χ4n) is 8.63. The van der Waals surface area contributed by atoms with Gasteiger partial charge in [-0.2, -0.15) is 22.0 Å². The lowest BCUT2D eigenvalue weighted by atomic mass is 9.50. The predicted octanol–water partition coefficient (Wildman–Crippen LogP) is 7.18. The maximum atomic E-state index is 15.2. The van der Waals surface area contributed by atoms with Gasteiger partial charge in [0.25, 0.3) is 5.91 Å². The Labute approximate surface area is 252 Å². The van der Waals surface area contributed by atoms with Crippen molar-refractivity contribution in [2.75, 3.05) is 7.05 Å². The van der Waals surface area contributed by atoms with Crippen molar-refractivity contribution in [3.05, 3.63) is 88.3 Å². The minimum Gasteiger partial charge on any atom is -0.383 e. The van der Waals surface area contributed by atoms with Gasteiger partial charge in [-0.05, 0) is 96.9 Å². The number of nitrogens with zero attached hydrogens (tertiary/aromatic N) is 2. The molecule has 1 N–H and O–H groups in total. The van der Waals surface area contributed by atoms with Crippen LogP contribution in [-0.2, 0) is 11.3 Å². The number of ketones is 1. The summed E-state index contributed by atoms with van der Waals surface area (Å²) in [5, 5.41) is 11.4. The van der Waals surface area contributed by atoms with Crippen LogP contribution in [0.1, 0.15) is 79.3 Å². The van der Waals surface area contributed by atoms with Crippen LogP contribution in [-0.4, -0.2) is 51.4 Å². The molecular weight excluding hydrogens is 579 g/mol. The van der Waals surface area contributed by atoms with Crippen LogP contribution in [0.2, 0.25) is 0 Å². The molecule has 4 aliphatic rings. The van der Waals surface area contributed by atoms with Crippen molar-refractivity contribution in [2.24, 2.45) is 17.3 Å². The van der Waals surface area contributed by atoms with Gasteiger partial charge < -0.3 is 10.0 Å². The van der Waals surface area contributed by atoms with Gasteiger partial charge in [0.15, 0.2) is 5.78 Å². The van der Waals surface area contributed by atoms with Gasteiger partial charge in [0.05, 0.1) is 0 Å². The van der Waals surface area contributed by atoms with E-state index in [4.69, 9.17) is 0 Å². The van der Waals surface area contributed by atoms with E-state index in [-0.39, 0.29) is 30.4 Å². The number of rotatable bonds is 5. The van der Waals surface area contributed by atoms with E-state index in [1.807, 2.05) is 6.07 Å². The number of alkyl halides is 5. The van der Waals surface area contributed by atoms with E-state index in [0.29, 0.717) is 43.4 Å². The number of carbonyl (C=O) groups is 2. The molecule has 0 saturated heterocycles. The number of benzene rings is 1. The van der Waals surface area contributed by atoms with E-state index in [1.54, 1.807) is 60.7 Å². The average Bonchev–Trinajstić information content (AvgIpc) is 3.27. The lowest BCUT2D eigenvalue weighted by molar-refractivity contribution is -0.362. The summed E-state index contributed by atoms with van der Waals surface area (Å²) in [5.41, 5.74) is -0.132. The SMILES string of the molecule is CN(Cc1cccnc1)C(=O)c1ccc([C@H]2C[C@@]3(C)[C@@H](CC[C@@]3(O)C(F)(F)C(F)(F)F)[C@@H]3CCC4=CC(=O)CCC4=C32)cc1. The van der Waals surface area contributed by atoms with E-state index >= 15 is 8.78 Å². The zero-order chi connectivity index (χ0) is 31.7. The molecule has 1 aromatic heterocycles. The molecule has 234 valence electrons. The van der Waals surface area contributed by atoms with Crippen molar-refractivity contribution in [3.8, 4) is 0 Å². The van der Waals surface area contributed by atoms with E-state index < -0.39 is 41.4 Å². The smallest absolute Gasteiger partial charge is 0.383 e. The van der Waals surface area contributed by atoms with E-state index in [1.165, 1.54) is 6.92 Å². The van der Waals surface area contributed by atoms with Gasteiger partial charge in [0, 0.05) is 49.3 Å². The summed E-state index contributed by atoms with van der Waals surface area (Å²) in [6, 6.07) is 10.4. The third kappa shape index (κ3) is 4.63. The lowest BCUT2D eigenvalue weighted by Crippen LogP contribution is -2.65. The van der Waals surface area contributed by atoms with Gasteiger partial charge >= 0.3 is 12.1 Å². The maximum absolute atomic E-state index is 15.2. The van der Waals surface area contributed by atoms with Crippen LogP contribution in [0.4, 0.5) is 22.0 Å². The topological polar surface area (TPSA) is 70.5 Å². The first-order valence-corrected chi connectivity index (χ1v) is 15.1. The summed E-state index contributed by atoms with van der Waals surface area (Å²) >= 11 is 0. The molecule has 2 saturated carbocycles. The number of amides is 1. The molecule has 44 heavy (non-hydrogen) atoms. The fraction of sp³-hybridized carbons (Fsp3) is 0.500. The molecule has 6 rings (SSSR count). The van der Waals surface area contributed by atoms with Crippen molar-refractivity contribution in [2.45, 2.75) is 82.0 Å². The fourth-order valence-corrected chi connectivity index (χ4v) is 8.63. The van der Waals surface area contributed by atoms with E-state index in [0.717, 1.165) is 22.3 Å². The summed E-state index contributed by atoms with van der Waals surface area (Å²) < 4.78 is 71.8. The van der Waals surface area contributed by atoms with Gasteiger partial charge in [-0.3, -0.25) is 14.6 Å². The number of aliphatic hydroxyl groups is 1. The van der Waals surface area contributed by atoms with Crippen LogP contribution in [0.5, 0.6) is 0 Å². The summed E-state index contributed by atoms with van der Waals surface area (Å²) in [6.07, 6.45) is 0.234. The molecule has 0 spiro atoms. The van der Waals surface area contributed by atoms with Crippen molar-refractivity contribution in [3.63, 3.8) is 0 Å². The highest BCUT2D eigenvalue weighted by Gasteiger charge is 2.79. The molecule has 4 aliphatic carbocycles. The predicted molar refractivity (Wildman–Crippen MR) is 153 cm³/mol. The minimum absolute atomic E-state index is 0.0262. The second-order valence-corrected chi connectivity index (χ2v) is 13.1. The van der Waals surface area contributed by atoms with Crippen molar-refractivity contribution in [1.29, 1.82) is 0 Å². The number of hydrogen-bond acceptors (Lipinski definition) is 4. The van der Waals surface area contributed by atoms with Crippen LogP contribution >= 0.6 is 0 Å². The average molecular weight is 615 g/mol. The number of hydrogen-bond donors (Lipinski definition) is 1. The first-order valence-electron chi connectivity index (χ1n) is 15.1. The summed E-state index contributed by atoms with van der Waals surface area (Å²) in [5.74, 6) is -6.92. The number of aromatic nitrogens is 1. The molecule has 10 heteroatoms. The third-order valence-electron chi connectivity index (χ3n) is 10.8. The summed E-state index contributed by atoms with van der Waals surface area (Å²) in [6.45, 7) is 1.74. The van der Waals surface area contributed by atoms with Crippen molar-refractivity contribution in [1.82, 2.24) is 9.88 Å². The maximum Gasteiger partial charge on any atom is 0.456 e. The Kier molecular flexibility index (Phi) is 7.38. The number of allylic oxidation sites excluding steroid dienone is 4. The highest BCUT2D eigenvalue weighted by molar-refractivity contribution is 5.94. The van der Waals surface area contributed by atoms with Gasteiger partial charge in [0.2, 0.25) is 0 Å². The Morgan fingerprint density at radius 3 is 2.45 bits per heavy atom. The van der Waals surface area contributed by atoms with Crippen LogP contribution in [0.25, 0.3) is 0 Å². The Bertz CT molecular complexity index is 1530. The monoisotopic (exact) mass is 614 g/mol. The normalized spacial score (nSPS) is 30.3. The second-order valence-electron chi connectivity index (χ2n) is 13.1. The number of halogens is 5. The van der Waals surface area contributed by atoms with Crippen LogP contribution < -0.4 is 0 Å². The molecular formula is C34H35F5N2O3. The molecule has 1 heterocycles. The number of pyridine rings is 1. The molecule has 0 aliphatic heterocycles. The molecule has 2 fully saturated rings. The lowest BCUT2D eigenvalue weighted by Gasteiger charge is -2.56. The standard InChI is InChI=1S/C34H35F5N2O3/c1-31-17-27(21-5-7-22(8-6-21)30(43)41(2)19-20-4-3-15-40-18-20)29-25-12-10-24(42)16-23(25)9-11-26(29)28(31)13-14-32(31,44)33(35,36)34(37,38)39/h3-8,15-16,18,26-28,44H,9-14,17,19H2,1-2H3/t26-,27+,28-,31-,32-/m0/s1. The van der Waals surface area contributed by atoms with Crippen LogP contribution in [0, 0.1) is 17.3 Å². The van der Waals surface area contributed by atoms with Gasteiger partial charge in [-0.25, -0.2) is 0 Å². The Balaban J connectivity index is 1.40. The highest BCUT2D eigenvalue weighted by Crippen LogP contribution is 2.70. The summed E-state index contributed by atoms with van der Waals surface area (Å²) in [4.78, 5) is 31.1. The third-order valence-corrected chi connectivity index (χ3v) is 10.8. The van der Waals surface area contributed by atoms with Gasteiger partial charge in [0.1, 0.15) is 5.60 Å². The van der Waals surface area contributed by atoms with Gasteiger partial charge in [-0.1, -0.05) is 30.7 Å². The molecule has 1 aromatic carbocycles. The minimum atomic E-state index is -5.90. The molecule has 1 amide bonds. The first-order chi connectivity index (χ1) is 20.7. The number of carbonyl (C=O) groups excluding carboxylic acids is 2. The van der Waals surface area contributed by atoms with Crippen molar-refractivity contribution < 1.29 is 36.6 Å². The van der Waals surface area contributed by atoms with Crippen molar-refractivity contribution >= 4 is 11.7 Å². The molecule has 0 bridgehead atoms. The largest absolute Gasteiger partial charge is 0.456 e. The molecule has 0 unspecified atom stereocenters. The molecule has 5 atom stereocenters. The second kappa shape index (κ2) is 10.6. The molecule has 0 radical (unpaired) electrons. The first kappa shape index (κ1) is 30.6. The van der Waals surface area contributed by atoms with E-state index in [9.17, 15) is 27.9 Å². The Hall–Kier alpha value is -3.40. The zero-order valence-corrected chi connectivity index (χ0v) is 24.6. The Morgan fingerprint density at radius 2 is 1.80 bits per heavy atom. The molecule has 2 aromatic rings. The zero-order valence-electron chi connectivity index (χ0n) is 24.6. The quantitative estimate of drug-likeness (QED) is 0.362. The molecule has 5 nitrogen and oxygen atoms in total. The highest BCUT2D eigenvalue weighted by atomic mass is 19.4. The number of fused-ring (bicyclic) bond motifs is 4. The Morgan fingerprint density at radius 1 is 1.07 bits per heavy atom. The van der Waals surface area contributed by atoms with Gasteiger partial charge in [-0.15, -0.1) is 0 Å². The summed E-state index contributed by atoms with van der Waals surface area (Å²) in [7, 11) is 1.67. The van der Waals surface area contributed by atoms with Crippen LogP contribution in [0.15, 0.2) is 71.6 Å².